The molecule has 0 saturated carbocycles. The van der Waals surface area contributed by atoms with Gasteiger partial charge >= 0.3 is 0 Å². The van der Waals surface area contributed by atoms with Gasteiger partial charge in [-0.25, -0.2) is 0 Å². The first kappa shape index (κ1) is 110. The third-order valence-corrected chi connectivity index (χ3v) is 15.9. The Morgan fingerprint density at radius 3 is 0.290 bits per heavy atom. The fourth-order valence-corrected chi connectivity index (χ4v) is 10.6. The molecule has 0 heterocycles. The fraction of sp³-hybridized carbons (Fsp3) is 0.950. The number of rotatable bonds is 64. The summed E-state index contributed by atoms with van der Waals surface area (Å²) in [6, 6.07) is 0. The summed E-state index contributed by atoms with van der Waals surface area (Å²) in [5, 5.41) is 76.6. The van der Waals surface area contributed by atoms with Crippen molar-refractivity contribution in [3.05, 3.63) is 0 Å². The molecule has 0 fully saturated rings. The Kier molecular flexibility index (Phi) is 139. The average molecular weight is 1360 g/mol. The van der Waals surface area contributed by atoms with Crippen molar-refractivity contribution in [2.75, 3.05) is 26.4 Å². The normalized spacial score (nSPS) is 10.1. The first-order chi connectivity index (χ1) is 44.7. The molecule has 0 aliphatic heterocycles. The number of carboxylic acid groups (broad SMARTS) is 4. The van der Waals surface area contributed by atoms with Gasteiger partial charge in [0, 0.05) is 45.6 Å². The van der Waals surface area contributed by atoms with E-state index in [2.05, 4.69) is 27.7 Å². The monoisotopic (exact) mass is 1360 g/mol. The predicted octanol–water partition coefficient (Wildman–Crippen LogP) is 17.5. The van der Waals surface area contributed by atoms with E-state index < -0.39 is 23.9 Å². The number of hydrogen-bond donors (Lipinski definition) is 0. The van der Waals surface area contributed by atoms with Crippen LogP contribution >= 0.6 is 0 Å². The zero-order chi connectivity index (χ0) is 70.4. The first-order valence-electron chi connectivity index (χ1n) is 39.9. The molecule has 0 radical (unpaired) electrons. The molecule has 13 heteroatoms. The topological polar surface area (TPSA) is 253 Å². The van der Waals surface area contributed by atoms with Crippen molar-refractivity contribution in [2.24, 2.45) is 0 Å². The van der Waals surface area contributed by atoms with E-state index in [4.69, 9.17) is 20.4 Å². The van der Waals surface area contributed by atoms with Crippen LogP contribution in [-0.2, 0) is 40.9 Å². The molecular formula is C80H160O12Ti-8. The maximum absolute atomic E-state index is 10.2. The standard InChI is InChI=1S/4C18H36O2.4C2H5O.Ti/c4*1-2-3-4-5-6-7-8-9-10-11-12-13-14-15-16-17-18(19)20;4*1-2-3;/h4*2-17H2,1H3,(H,19,20);4*2H2,1H3;/q;;;;4*-1;/p-4. The van der Waals surface area contributed by atoms with Gasteiger partial charge in [0.15, 0.2) is 0 Å². The van der Waals surface area contributed by atoms with Crippen molar-refractivity contribution in [3.8, 4) is 0 Å². The van der Waals surface area contributed by atoms with E-state index in [1.165, 1.54) is 334 Å². The molecular weight excluding hydrogens is 1200 g/mol. The second-order valence-corrected chi connectivity index (χ2v) is 25.4. The molecule has 0 atom stereocenters. The van der Waals surface area contributed by atoms with Crippen LogP contribution in [0.15, 0.2) is 0 Å². The first-order valence-corrected chi connectivity index (χ1v) is 39.9. The third kappa shape index (κ3) is 160. The van der Waals surface area contributed by atoms with Crippen molar-refractivity contribution in [1.29, 1.82) is 0 Å². The number of hydrogen-bond acceptors (Lipinski definition) is 12. The SMILES string of the molecule is CCCCCCCCCCCCCCCCCC(=O)[O-].CCCCCCCCCCCCCCCCCC(=O)[O-].CCCCCCCCCCCCCCCCCC(=O)[O-].CCCCCCCCCCCCCCCCCC(=O)[O-].CC[O-].CC[O-].CC[O-].CC[O-].[Ti]. The second-order valence-electron chi connectivity index (χ2n) is 25.4. The van der Waals surface area contributed by atoms with Crippen LogP contribution < -0.4 is 40.9 Å². The van der Waals surface area contributed by atoms with E-state index in [0.29, 0.717) is 0 Å². The maximum Gasteiger partial charge on any atom is 0.0414 e. The summed E-state index contributed by atoms with van der Waals surface area (Å²) in [6.07, 6.45) is 79.4. The van der Waals surface area contributed by atoms with Crippen LogP contribution in [-0.4, -0.2) is 50.3 Å². The summed E-state index contributed by atoms with van der Waals surface area (Å²) in [4.78, 5) is 40.9. The van der Waals surface area contributed by atoms with Crippen molar-refractivity contribution in [1.82, 2.24) is 0 Å². The van der Waals surface area contributed by atoms with E-state index in [1.807, 2.05) is 0 Å². The second kappa shape index (κ2) is 118. The van der Waals surface area contributed by atoms with E-state index in [9.17, 15) is 39.6 Å². The largest absolute Gasteiger partial charge is 0.855 e. The molecule has 0 bridgehead atoms. The Labute approximate surface area is 595 Å². The van der Waals surface area contributed by atoms with Gasteiger partial charge in [-0.2, -0.15) is 0 Å². The molecule has 0 amide bonds. The summed E-state index contributed by atoms with van der Waals surface area (Å²) in [7, 11) is 0. The Morgan fingerprint density at radius 2 is 0.226 bits per heavy atom. The Balaban J connectivity index is -0.000000136. The summed E-state index contributed by atoms with van der Waals surface area (Å²) in [5.74, 6) is -3.61. The van der Waals surface area contributed by atoms with Crippen LogP contribution in [0.4, 0.5) is 0 Å². The number of aliphatic carboxylic acids is 4. The number of carbonyl (C=O) groups excluding carboxylic acids is 4. The van der Waals surface area contributed by atoms with Crippen molar-refractivity contribution < 1.29 is 81.7 Å². The molecule has 0 aromatic heterocycles. The Hall–Kier alpha value is -1.57. The van der Waals surface area contributed by atoms with Crippen molar-refractivity contribution in [3.63, 3.8) is 0 Å². The van der Waals surface area contributed by atoms with Crippen molar-refractivity contribution in [2.45, 2.75) is 466 Å². The molecule has 0 aliphatic rings. The Bertz CT molecular complexity index is 1060. The molecule has 0 aromatic carbocycles. The minimum Gasteiger partial charge on any atom is -0.855 e. The van der Waals surface area contributed by atoms with Crippen molar-refractivity contribution >= 4 is 23.9 Å². The molecule has 0 unspecified atom stereocenters. The predicted molar refractivity (Wildman–Crippen MR) is 380 cm³/mol. The molecule has 0 aromatic rings. The van der Waals surface area contributed by atoms with Gasteiger partial charge in [0.1, 0.15) is 0 Å². The fourth-order valence-electron chi connectivity index (χ4n) is 10.6. The molecule has 0 spiro atoms. The molecule has 564 valence electrons. The smallest absolute Gasteiger partial charge is 0.0414 e. The number of unbranched alkanes of at least 4 members (excludes halogenated alkanes) is 56. The van der Waals surface area contributed by atoms with Crippen LogP contribution in [0.5, 0.6) is 0 Å². The van der Waals surface area contributed by atoms with E-state index in [-0.39, 0.29) is 73.8 Å². The van der Waals surface area contributed by atoms with Gasteiger partial charge in [0.25, 0.3) is 0 Å². The Morgan fingerprint density at radius 1 is 0.161 bits per heavy atom. The van der Waals surface area contributed by atoms with Gasteiger partial charge in [-0.15, -0.1) is 26.4 Å². The molecule has 0 saturated heterocycles. The van der Waals surface area contributed by atoms with E-state index in [0.717, 1.165) is 51.4 Å². The summed E-state index contributed by atoms with van der Waals surface area (Å²) in [5.41, 5.74) is 0. The van der Waals surface area contributed by atoms with Gasteiger partial charge in [0.2, 0.25) is 0 Å². The molecule has 0 N–H and O–H groups in total. The average Bonchev–Trinajstić information content (AvgIpc) is 3.52. The van der Waals surface area contributed by atoms with Crippen LogP contribution in [0.1, 0.15) is 466 Å². The zero-order valence-electron chi connectivity index (χ0n) is 63.5. The van der Waals surface area contributed by atoms with Gasteiger partial charge < -0.3 is 60.0 Å². The quantitative estimate of drug-likeness (QED) is 0.0407. The van der Waals surface area contributed by atoms with Gasteiger partial charge in [-0.1, -0.05) is 415 Å². The van der Waals surface area contributed by atoms with E-state index >= 15 is 0 Å². The van der Waals surface area contributed by atoms with Crippen LogP contribution in [0.25, 0.3) is 0 Å². The minimum atomic E-state index is -0.903. The van der Waals surface area contributed by atoms with Gasteiger partial charge in [-0.05, 0) is 51.4 Å². The molecule has 0 rings (SSSR count). The summed E-state index contributed by atoms with van der Waals surface area (Å²) < 4.78 is 0. The zero-order valence-corrected chi connectivity index (χ0v) is 65.0. The maximum atomic E-state index is 10.2. The van der Waals surface area contributed by atoms with E-state index in [1.54, 1.807) is 27.7 Å². The minimum absolute atomic E-state index is 0. The van der Waals surface area contributed by atoms with Gasteiger partial charge in [0.05, 0.1) is 0 Å². The number of carboxylic acids is 4. The van der Waals surface area contributed by atoms with Crippen LogP contribution in [0.2, 0.25) is 0 Å². The molecule has 93 heavy (non-hydrogen) atoms. The van der Waals surface area contributed by atoms with Crippen LogP contribution in [0.3, 0.4) is 0 Å². The summed E-state index contributed by atoms with van der Waals surface area (Å²) in [6.45, 7) is 15.3. The molecule has 0 aliphatic carbocycles. The third-order valence-electron chi connectivity index (χ3n) is 15.9. The van der Waals surface area contributed by atoms with Gasteiger partial charge in [-0.3, -0.25) is 0 Å². The van der Waals surface area contributed by atoms with Crippen LogP contribution in [0, 0.1) is 0 Å². The summed E-state index contributed by atoms with van der Waals surface area (Å²) >= 11 is 0. The number of carbonyl (C=O) groups is 4. The molecule has 12 nitrogen and oxygen atoms in total.